The Morgan fingerprint density at radius 3 is 2.48 bits per heavy atom. The molecular formula is C17H19NO5. The Labute approximate surface area is 134 Å². The summed E-state index contributed by atoms with van der Waals surface area (Å²) in [5.41, 5.74) is 2.06. The second kappa shape index (κ2) is 7.60. The van der Waals surface area contributed by atoms with Crippen molar-refractivity contribution in [2.45, 2.75) is 19.4 Å². The number of aryl methyl sites for hydroxylation is 1. The predicted octanol–water partition coefficient (Wildman–Crippen LogP) is 2.34. The minimum atomic E-state index is -1.16. The number of hydrogen-bond acceptors (Lipinski definition) is 4. The number of benzene rings is 1. The van der Waals surface area contributed by atoms with E-state index in [0.29, 0.717) is 5.76 Å². The highest BCUT2D eigenvalue weighted by Gasteiger charge is 2.22. The second-order valence-electron chi connectivity index (χ2n) is 5.03. The molecule has 6 nitrogen and oxygen atoms in total. The Kier molecular flexibility index (Phi) is 5.54. The molecule has 0 aliphatic rings. The molecule has 0 aliphatic heterocycles. The highest BCUT2D eigenvalue weighted by atomic mass is 16.5. The normalized spacial score (nSPS) is 11.9. The van der Waals surface area contributed by atoms with Crippen molar-refractivity contribution < 1.29 is 23.8 Å². The maximum Gasteiger partial charge on any atom is 0.328 e. The molecule has 1 unspecified atom stereocenters. The van der Waals surface area contributed by atoms with Gasteiger partial charge < -0.3 is 19.6 Å². The van der Waals surface area contributed by atoms with E-state index >= 15 is 0 Å². The number of carboxylic acids is 1. The van der Waals surface area contributed by atoms with Crippen molar-refractivity contribution in [3.8, 4) is 11.3 Å². The quantitative estimate of drug-likeness (QED) is 0.818. The van der Waals surface area contributed by atoms with Crippen molar-refractivity contribution in [2.75, 3.05) is 13.7 Å². The smallest absolute Gasteiger partial charge is 0.328 e. The average Bonchev–Trinajstić information content (AvgIpc) is 3.04. The van der Waals surface area contributed by atoms with Crippen LogP contribution >= 0.6 is 0 Å². The van der Waals surface area contributed by atoms with Gasteiger partial charge in [-0.05, 0) is 24.1 Å². The van der Waals surface area contributed by atoms with E-state index in [1.165, 1.54) is 18.7 Å². The topological polar surface area (TPSA) is 88.8 Å². The SMILES string of the molecule is CCc1ccc(-c2ccc(C(=O)NC(COC)C(=O)O)o2)cc1. The molecule has 0 bridgehead atoms. The van der Waals surface area contributed by atoms with Crippen LogP contribution < -0.4 is 5.32 Å². The van der Waals surface area contributed by atoms with E-state index in [0.717, 1.165) is 12.0 Å². The Morgan fingerprint density at radius 1 is 1.22 bits per heavy atom. The molecule has 122 valence electrons. The molecule has 2 N–H and O–H groups in total. The number of aliphatic carboxylic acids is 1. The zero-order valence-corrected chi connectivity index (χ0v) is 13.0. The van der Waals surface area contributed by atoms with Gasteiger partial charge in [-0.2, -0.15) is 0 Å². The Balaban J connectivity index is 2.11. The minimum Gasteiger partial charge on any atom is -0.480 e. The van der Waals surface area contributed by atoms with Crippen molar-refractivity contribution >= 4 is 11.9 Å². The summed E-state index contributed by atoms with van der Waals surface area (Å²) in [6, 6.07) is 9.92. The van der Waals surface area contributed by atoms with Crippen molar-refractivity contribution in [3.63, 3.8) is 0 Å². The largest absolute Gasteiger partial charge is 0.480 e. The van der Waals surface area contributed by atoms with Crippen LogP contribution in [0.5, 0.6) is 0 Å². The standard InChI is InChI=1S/C17H19NO5/c1-3-11-4-6-12(7-5-11)14-8-9-15(23-14)16(19)18-13(10-22-2)17(20)21/h4-9,13H,3,10H2,1-2H3,(H,18,19)(H,20,21). The van der Waals surface area contributed by atoms with Crippen LogP contribution in [0.3, 0.4) is 0 Å². The summed E-state index contributed by atoms with van der Waals surface area (Å²) in [5, 5.41) is 11.4. The van der Waals surface area contributed by atoms with Gasteiger partial charge in [0.25, 0.3) is 5.91 Å². The summed E-state index contributed by atoms with van der Waals surface area (Å²) in [5.74, 6) is -1.15. The van der Waals surface area contributed by atoms with E-state index in [9.17, 15) is 9.59 Å². The lowest BCUT2D eigenvalue weighted by Crippen LogP contribution is -2.43. The molecule has 23 heavy (non-hydrogen) atoms. The first-order valence-electron chi connectivity index (χ1n) is 7.27. The first-order chi connectivity index (χ1) is 11.0. The fourth-order valence-corrected chi connectivity index (χ4v) is 2.09. The Bertz CT molecular complexity index is 675. The van der Waals surface area contributed by atoms with Crippen LogP contribution in [0.1, 0.15) is 23.0 Å². The van der Waals surface area contributed by atoms with E-state index in [1.807, 2.05) is 24.3 Å². The number of amides is 1. The predicted molar refractivity (Wildman–Crippen MR) is 84.3 cm³/mol. The van der Waals surface area contributed by atoms with E-state index in [-0.39, 0.29) is 12.4 Å². The lowest BCUT2D eigenvalue weighted by atomic mass is 10.1. The lowest BCUT2D eigenvalue weighted by Gasteiger charge is -2.12. The van der Waals surface area contributed by atoms with Gasteiger partial charge in [-0.15, -0.1) is 0 Å². The van der Waals surface area contributed by atoms with Crippen molar-refractivity contribution in [2.24, 2.45) is 0 Å². The van der Waals surface area contributed by atoms with Gasteiger partial charge in [-0.25, -0.2) is 4.79 Å². The van der Waals surface area contributed by atoms with Crippen molar-refractivity contribution in [1.82, 2.24) is 5.32 Å². The summed E-state index contributed by atoms with van der Waals surface area (Å²) in [7, 11) is 1.37. The first-order valence-corrected chi connectivity index (χ1v) is 7.27. The van der Waals surface area contributed by atoms with E-state index < -0.39 is 17.9 Å². The number of furan rings is 1. The molecule has 1 aromatic carbocycles. The molecule has 0 aliphatic carbocycles. The molecule has 0 saturated heterocycles. The molecule has 6 heteroatoms. The number of carboxylic acid groups (broad SMARTS) is 1. The monoisotopic (exact) mass is 317 g/mol. The number of carbonyl (C=O) groups excluding carboxylic acids is 1. The third-order valence-electron chi connectivity index (χ3n) is 3.41. The van der Waals surface area contributed by atoms with Gasteiger partial charge in [0.15, 0.2) is 11.8 Å². The van der Waals surface area contributed by atoms with E-state index in [1.54, 1.807) is 6.07 Å². The molecule has 1 atom stereocenters. The Morgan fingerprint density at radius 2 is 1.91 bits per heavy atom. The molecule has 1 aromatic heterocycles. The lowest BCUT2D eigenvalue weighted by molar-refractivity contribution is -0.140. The molecule has 0 saturated carbocycles. The zero-order valence-electron chi connectivity index (χ0n) is 13.0. The summed E-state index contributed by atoms with van der Waals surface area (Å²) < 4.78 is 10.3. The van der Waals surface area contributed by atoms with Gasteiger partial charge in [0.1, 0.15) is 5.76 Å². The van der Waals surface area contributed by atoms with Crippen LogP contribution in [-0.2, 0) is 16.0 Å². The van der Waals surface area contributed by atoms with Crippen LogP contribution in [0.2, 0.25) is 0 Å². The number of nitrogens with one attached hydrogen (secondary N) is 1. The maximum absolute atomic E-state index is 12.1. The van der Waals surface area contributed by atoms with Crippen LogP contribution in [-0.4, -0.2) is 36.7 Å². The molecule has 2 rings (SSSR count). The van der Waals surface area contributed by atoms with Crippen LogP contribution in [0, 0.1) is 0 Å². The second-order valence-corrected chi connectivity index (χ2v) is 5.03. The van der Waals surface area contributed by atoms with Gasteiger partial charge in [-0.3, -0.25) is 4.79 Å². The molecule has 0 radical (unpaired) electrons. The third-order valence-corrected chi connectivity index (χ3v) is 3.41. The zero-order chi connectivity index (χ0) is 16.8. The fraction of sp³-hybridized carbons (Fsp3) is 0.294. The van der Waals surface area contributed by atoms with Gasteiger partial charge >= 0.3 is 5.97 Å². The maximum atomic E-state index is 12.1. The van der Waals surface area contributed by atoms with Gasteiger partial charge in [0, 0.05) is 12.7 Å². The van der Waals surface area contributed by atoms with E-state index in [4.69, 9.17) is 14.3 Å². The highest BCUT2D eigenvalue weighted by Crippen LogP contribution is 2.22. The van der Waals surface area contributed by atoms with Gasteiger partial charge in [0.05, 0.1) is 6.61 Å². The average molecular weight is 317 g/mol. The molecular weight excluding hydrogens is 298 g/mol. The summed E-state index contributed by atoms with van der Waals surface area (Å²) in [6.45, 7) is 1.95. The highest BCUT2D eigenvalue weighted by molar-refractivity contribution is 5.94. The number of hydrogen-bond donors (Lipinski definition) is 2. The van der Waals surface area contributed by atoms with Crippen LogP contribution in [0.25, 0.3) is 11.3 Å². The van der Waals surface area contributed by atoms with Crippen LogP contribution in [0.15, 0.2) is 40.8 Å². The van der Waals surface area contributed by atoms with Gasteiger partial charge in [-0.1, -0.05) is 31.2 Å². The third kappa shape index (κ3) is 4.20. The number of ether oxygens (including phenoxy) is 1. The minimum absolute atomic E-state index is 0.0573. The van der Waals surface area contributed by atoms with Crippen molar-refractivity contribution in [1.29, 1.82) is 0 Å². The molecule has 2 aromatic rings. The molecule has 0 spiro atoms. The van der Waals surface area contributed by atoms with Gasteiger partial charge in [0.2, 0.25) is 0 Å². The summed E-state index contributed by atoms with van der Waals surface area (Å²) in [6.07, 6.45) is 0.947. The molecule has 1 amide bonds. The van der Waals surface area contributed by atoms with E-state index in [2.05, 4.69) is 12.2 Å². The summed E-state index contributed by atoms with van der Waals surface area (Å²) >= 11 is 0. The molecule has 1 heterocycles. The fourth-order valence-electron chi connectivity index (χ4n) is 2.09. The number of rotatable bonds is 7. The Hall–Kier alpha value is -2.60. The number of carbonyl (C=O) groups is 2. The molecule has 0 fully saturated rings. The summed E-state index contributed by atoms with van der Waals surface area (Å²) in [4.78, 5) is 23.1. The number of methoxy groups -OCH3 is 1. The van der Waals surface area contributed by atoms with Crippen molar-refractivity contribution in [3.05, 3.63) is 47.7 Å². The first kappa shape index (κ1) is 16.8. The van der Waals surface area contributed by atoms with Crippen LogP contribution in [0.4, 0.5) is 0 Å².